The van der Waals surface area contributed by atoms with Crippen LogP contribution in [-0.4, -0.2) is 36.6 Å². The number of nitrogens with zero attached hydrogens (tertiary/aromatic N) is 2. The molecular formula is C21H21N3O6S. The molecule has 0 fully saturated rings. The highest BCUT2D eigenvalue weighted by atomic mass is 32.2. The van der Waals surface area contributed by atoms with Gasteiger partial charge in [0.1, 0.15) is 5.75 Å². The zero-order chi connectivity index (χ0) is 22.2. The van der Waals surface area contributed by atoms with Gasteiger partial charge >= 0.3 is 5.97 Å². The molecule has 0 aliphatic heterocycles. The molecule has 0 saturated carbocycles. The van der Waals surface area contributed by atoms with E-state index in [4.69, 9.17) is 14.0 Å². The van der Waals surface area contributed by atoms with Gasteiger partial charge in [-0.15, -0.1) is 0 Å². The number of anilines is 1. The average Bonchev–Trinajstić information content (AvgIpc) is 3.15. The second-order valence-corrected chi connectivity index (χ2v) is 7.30. The number of ether oxygens (including phenoxy) is 2. The van der Waals surface area contributed by atoms with Crippen molar-refractivity contribution in [2.24, 2.45) is 0 Å². The number of esters is 1. The highest BCUT2D eigenvalue weighted by Crippen LogP contribution is 2.24. The van der Waals surface area contributed by atoms with Gasteiger partial charge in [-0.1, -0.05) is 11.8 Å². The van der Waals surface area contributed by atoms with E-state index in [1.807, 2.05) is 0 Å². The van der Waals surface area contributed by atoms with Gasteiger partial charge in [0.15, 0.2) is 5.95 Å². The van der Waals surface area contributed by atoms with E-state index in [0.717, 1.165) is 0 Å². The van der Waals surface area contributed by atoms with Gasteiger partial charge in [0.05, 0.1) is 24.6 Å². The maximum atomic E-state index is 12.2. The number of nitrogens with one attached hydrogen (secondary N) is 1. The Morgan fingerprint density at radius 1 is 1.16 bits per heavy atom. The van der Waals surface area contributed by atoms with Crippen LogP contribution in [0.2, 0.25) is 0 Å². The summed E-state index contributed by atoms with van der Waals surface area (Å²) in [6.07, 6.45) is 0.164. The highest BCUT2D eigenvalue weighted by Gasteiger charge is 2.21. The topological polar surface area (TPSA) is 118 Å². The van der Waals surface area contributed by atoms with Crippen LogP contribution >= 0.6 is 11.8 Å². The molecule has 31 heavy (non-hydrogen) atoms. The third kappa shape index (κ3) is 5.76. The number of thioether (sulfide) groups is 1. The summed E-state index contributed by atoms with van der Waals surface area (Å²) < 4.78 is 16.2. The van der Waals surface area contributed by atoms with Crippen molar-refractivity contribution in [3.63, 3.8) is 0 Å². The van der Waals surface area contributed by atoms with Gasteiger partial charge in [0.25, 0.3) is 5.03 Å². The quantitative estimate of drug-likeness (QED) is 0.304. The van der Waals surface area contributed by atoms with Gasteiger partial charge in [0, 0.05) is 30.0 Å². The van der Waals surface area contributed by atoms with Crippen molar-refractivity contribution in [2.45, 2.75) is 18.4 Å². The molecule has 1 aromatic heterocycles. The lowest BCUT2D eigenvalue weighted by Crippen LogP contribution is -2.34. The van der Waals surface area contributed by atoms with Crippen LogP contribution in [0, 0.1) is 0 Å². The first-order chi connectivity index (χ1) is 15.0. The maximum Gasteiger partial charge on any atom is 0.338 e. The second kappa shape index (κ2) is 10.5. The fourth-order valence-electron chi connectivity index (χ4n) is 2.62. The van der Waals surface area contributed by atoms with E-state index >= 15 is 0 Å². The summed E-state index contributed by atoms with van der Waals surface area (Å²) in [4.78, 5) is 23.9. The van der Waals surface area contributed by atoms with Gasteiger partial charge < -0.3 is 24.4 Å². The first kappa shape index (κ1) is 22.2. The molecule has 9 nitrogen and oxygen atoms in total. The molecule has 0 aliphatic carbocycles. The SMILES string of the molecule is CCOC(=O)c1ccc(NC(=O)CCSc2c([O-])on[n+]2-c2ccc(OC)cc2)cc1. The van der Waals surface area contributed by atoms with Crippen LogP contribution in [0.25, 0.3) is 5.69 Å². The molecule has 2 aromatic carbocycles. The number of carbonyl (C=O) groups is 2. The van der Waals surface area contributed by atoms with Crippen molar-refractivity contribution < 1.29 is 33.4 Å². The Hall–Kier alpha value is -3.53. The van der Waals surface area contributed by atoms with Crippen molar-refractivity contribution in [1.82, 2.24) is 5.27 Å². The minimum absolute atomic E-state index is 0.164. The number of aromatic nitrogens is 2. The predicted octanol–water partition coefficient (Wildman–Crippen LogP) is 2.33. The average molecular weight is 443 g/mol. The first-order valence-corrected chi connectivity index (χ1v) is 10.4. The molecule has 162 valence electrons. The number of amides is 1. The molecule has 3 aromatic rings. The van der Waals surface area contributed by atoms with Crippen LogP contribution in [0.5, 0.6) is 11.7 Å². The van der Waals surface area contributed by atoms with E-state index in [2.05, 4.69) is 10.6 Å². The molecule has 0 spiro atoms. The molecule has 3 rings (SSSR count). The van der Waals surface area contributed by atoms with Crippen LogP contribution in [-0.2, 0) is 9.53 Å². The summed E-state index contributed by atoms with van der Waals surface area (Å²) in [6, 6.07) is 13.4. The molecular weight excluding hydrogens is 422 g/mol. The Balaban J connectivity index is 1.55. The van der Waals surface area contributed by atoms with Gasteiger partial charge in [-0.3, -0.25) is 4.79 Å². The van der Waals surface area contributed by atoms with E-state index in [1.54, 1.807) is 62.6 Å². The molecule has 0 bridgehead atoms. The Morgan fingerprint density at radius 3 is 2.52 bits per heavy atom. The van der Waals surface area contributed by atoms with Crippen LogP contribution in [0.1, 0.15) is 23.7 Å². The number of carbonyl (C=O) groups excluding carboxylic acids is 2. The number of hydrogen-bond donors (Lipinski definition) is 1. The Morgan fingerprint density at radius 2 is 1.87 bits per heavy atom. The number of rotatable bonds is 9. The normalized spacial score (nSPS) is 10.5. The third-order valence-corrected chi connectivity index (χ3v) is 5.16. The number of hydrogen-bond acceptors (Lipinski definition) is 8. The second-order valence-electron chi connectivity index (χ2n) is 6.22. The van der Waals surface area contributed by atoms with Crippen molar-refractivity contribution >= 4 is 29.3 Å². The summed E-state index contributed by atoms with van der Waals surface area (Å²) in [5.74, 6) is -0.188. The van der Waals surface area contributed by atoms with Gasteiger partial charge in [-0.2, -0.15) is 0 Å². The molecule has 0 unspecified atom stereocenters. The summed E-state index contributed by atoms with van der Waals surface area (Å²) in [7, 11) is 1.56. The number of benzene rings is 2. The molecule has 0 saturated heterocycles. The largest absolute Gasteiger partial charge is 0.538 e. The molecule has 0 radical (unpaired) electrons. The third-order valence-electron chi connectivity index (χ3n) is 4.14. The van der Waals surface area contributed by atoms with Crippen LogP contribution < -0.4 is 19.8 Å². The maximum absolute atomic E-state index is 12.2. The zero-order valence-corrected chi connectivity index (χ0v) is 17.8. The van der Waals surface area contributed by atoms with Crippen molar-refractivity contribution in [1.29, 1.82) is 0 Å². The van der Waals surface area contributed by atoms with Gasteiger partial charge in [0.2, 0.25) is 11.6 Å². The lowest BCUT2D eigenvalue weighted by atomic mass is 10.2. The van der Waals surface area contributed by atoms with Crippen LogP contribution in [0.15, 0.2) is 58.1 Å². The standard InChI is InChI=1S/C21H21N3O6S/c1-3-29-20(26)14-4-6-15(7-5-14)22-18(25)12-13-31-19-21(27)30-23-24(19)16-8-10-17(28-2)11-9-16/h4-11H,3,12-13H2,1-2H3,(H-,22,23,25,26,27). The first-order valence-electron chi connectivity index (χ1n) is 9.45. The van der Waals surface area contributed by atoms with E-state index < -0.39 is 11.9 Å². The monoisotopic (exact) mass is 443 g/mol. The van der Waals surface area contributed by atoms with Gasteiger partial charge in [-0.05, 0) is 48.0 Å². The molecule has 0 aliphatic rings. The predicted molar refractivity (Wildman–Crippen MR) is 110 cm³/mol. The Bertz CT molecular complexity index is 1030. The lowest BCUT2D eigenvalue weighted by Gasteiger charge is -2.06. The fraction of sp³-hybridized carbons (Fsp3) is 0.238. The molecule has 10 heteroatoms. The summed E-state index contributed by atoms with van der Waals surface area (Å²) in [6.45, 7) is 2.03. The van der Waals surface area contributed by atoms with Crippen molar-refractivity contribution in [2.75, 3.05) is 24.8 Å². The van der Waals surface area contributed by atoms with E-state index in [1.165, 1.54) is 16.4 Å². The fourth-order valence-corrected chi connectivity index (χ4v) is 3.51. The highest BCUT2D eigenvalue weighted by molar-refractivity contribution is 7.99. The number of methoxy groups -OCH3 is 1. The molecule has 1 amide bonds. The van der Waals surface area contributed by atoms with E-state index in [0.29, 0.717) is 35.0 Å². The molecule has 1 N–H and O–H groups in total. The van der Waals surface area contributed by atoms with E-state index in [9.17, 15) is 14.7 Å². The summed E-state index contributed by atoms with van der Waals surface area (Å²) >= 11 is 1.18. The van der Waals surface area contributed by atoms with Crippen molar-refractivity contribution in [3.05, 3.63) is 54.1 Å². The summed E-state index contributed by atoms with van der Waals surface area (Å²) in [5, 5.41) is 18.8. The molecule has 0 atom stereocenters. The van der Waals surface area contributed by atoms with Crippen LogP contribution in [0.4, 0.5) is 5.69 Å². The van der Waals surface area contributed by atoms with Crippen molar-refractivity contribution in [3.8, 4) is 17.4 Å². The minimum Gasteiger partial charge on any atom is -0.538 e. The van der Waals surface area contributed by atoms with E-state index in [-0.39, 0.29) is 17.4 Å². The Kier molecular flexibility index (Phi) is 7.50. The van der Waals surface area contributed by atoms with Crippen LogP contribution in [0.3, 0.4) is 0 Å². The Labute approximate surface area is 182 Å². The lowest BCUT2D eigenvalue weighted by molar-refractivity contribution is -0.705. The van der Waals surface area contributed by atoms with Gasteiger partial charge in [-0.25, -0.2) is 4.79 Å². The smallest absolute Gasteiger partial charge is 0.338 e. The summed E-state index contributed by atoms with van der Waals surface area (Å²) in [5.41, 5.74) is 1.61. The minimum atomic E-state index is -0.573. The zero-order valence-electron chi connectivity index (χ0n) is 17.0. The molecule has 1 heterocycles.